The zero-order chi connectivity index (χ0) is 33.6. The minimum absolute atomic E-state index is 0.0544. The van der Waals surface area contributed by atoms with Crippen LogP contribution in [0.3, 0.4) is 0 Å². The molecule has 6 aliphatic rings. The number of carboxylic acids is 1. The number of phenols is 1. The van der Waals surface area contributed by atoms with E-state index in [-0.39, 0.29) is 40.8 Å². The predicted octanol–water partition coefficient (Wildman–Crippen LogP) is 7.24. The Morgan fingerprint density at radius 2 is 1.70 bits per heavy atom. The van der Waals surface area contributed by atoms with Crippen LogP contribution in [0.15, 0.2) is 52.7 Å². The number of fused-ring (bicyclic) bond motifs is 2. The number of benzene rings is 1. The number of allylic oxidation sites excluding steroid dienone is 5. The standard InChI is InChI=1S/C38H44O8/c1-20(2)10-9-15-36(8)16-14-24-29(39)28-30(40)26-18-23-19-27-35(6,7)46-37(33(23)41,17-13-22(5)34(42)43)38(26,27)45-32(28)25(31(24)44-36)12-11-21(3)4/h10-11,13-14,16,18,23,27,39H,9,12,15,17,19H2,1-8H3,(H,42,43)/b22-13-/t23-,27-,36-,37-,38-/m1/s1. The second kappa shape index (κ2) is 10.6. The van der Waals surface area contributed by atoms with E-state index in [4.69, 9.17) is 14.2 Å². The highest BCUT2D eigenvalue weighted by molar-refractivity contribution is 6.19. The Morgan fingerprint density at radius 1 is 1.00 bits per heavy atom. The third-order valence-corrected chi connectivity index (χ3v) is 10.5. The van der Waals surface area contributed by atoms with Crippen LogP contribution in [0, 0.1) is 11.8 Å². The average Bonchev–Trinajstić information content (AvgIpc) is 3.12. The second-order valence-electron chi connectivity index (χ2n) is 14.8. The fourth-order valence-corrected chi connectivity index (χ4v) is 8.17. The molecule has 4 bridgehead atoms. The van der Waals surface area contributed by atoms with E-state index in [2.05, 4.69) is 19.9 Å². The molecule has 1 spiro atoms. The summed E-state index contributed by atoms with van der Waals surface area (Å²) in [6, 6.07) is 0. The van der Waals surface area contributed by atoms with Gasteiger partial charge in [0.05, 0.1) is 11.2 Å². The molecule has 8 heteroatoms. The van der Waals surface area contributed by atoms with E-state index in [1.807, 2.05) is 52.8 Å². The van der Waals surface area contributed by atoms with Gasteiger partial charge in [-0.3, -0.25) is 9.59 Å². The zero-order valence-corrected chi connectivity index (χ0v) is 28.0. The van der Waals surface area contributed by atoms with Crippen molar-refractivity contribution in [3.05, 3.63) is 69.4 Å². The largest absolute Gasteiger partial charge is 0.506 e. The van der Waals surface area contributed by atoms with E-state index >= 15 is 0 Å². The number of hydrogen-bond acceptors (Lipinski definition) is 7. The van der Waals surface area contributed by atoms with Crippen LogP contribution in [0.2, 0.25) is 0 Å². The minimum atomic E-state index is -1.63. The number of aliphatic carboxylic acids is 1. The Bertz CT molecular complexity index is 1730. The summed E-state index contributed by atoms with van der Waals surface area (Å²) in [6.07, 6.45) is 13.4. The van der Waals surface area contributed by atoms with Gasteiger partial charge >= 0.3 is 5.97 Å². The van der Waals surface area contributed by atoms with Crippen molar-refractivity contribution in [3.63, 3.8) is 0 Å². The number of ketones is 2. The number of carboxylic acid groups (broad SMARTS) is 1. The van der Waals surface area contributed by atoms with Crippen LogP contribution in [-0.4, -0.2) is 50.2 Å². The summed E-state index contributed by atoms with van der Waals surface area (Å²) in [6.45, 7) is 15.4. The topological polar surface area (TPSA) is 119 Å². The van der Waals surface area contributed by atoms with Crippen molar-refractivity contribution in [2.45, 2.75) is 110 Å². The maximum Gasteiger partial charge on any atom is 0.330 e. The molecule has 1 saturated carbocycles. The van der Waals surface area contributed by atoms with E-state index in [1.54, 1.807) is 6.08 Å². The third kappa shape index (κ3) is 4.47. The first-order valence-electron chi connectivity index (χ1n) is 16.2. The van der Waals surface area contributed by atoms with Crippen molar-refractivity contribution in [1.29, 1.82) is 0 Å². The van der Waals surface area contributed by atoms with Gasteiger partial charge in [0.1, 0.15) is 28.4 Å². The van der Waals surface area contributed by atoms with E-state index in [0.717, 1.165) is 12.0 Å². The molecule has 244 valence electrons. The van der Waals surface area contributed by atoms with Gasteiger partial charge in [0.15, 0.2) is 22.8 Å². The number of rotatable bonds is 8. The van der Waals surface area contributed by atoms with Crippen LogP contribution in [-0.2, 0) is 20.7 Å². The summed E-state index contributed by atoms with van der Waals surface area (Å²) < 4.78 is 20.6. The summed E-state index contributed by atoms with van der Waals surface area (Å²) >= 11 is 0. The van der Waals surface area contributed by atoms with Crippen LogP contribution in [0.4, 0.5) is 0 Å². The van der Waals surface area contributed by atoms with E-state index in [9.17, 15) is 24.6 Å². The van der Waals surface area contributed by atoms with Crippen molar-refractivity contribution in [2.24, 2.45) is 11.8 Å². The summed E-state index contributed by atoms with van der Waals surface area (Å²) in [5, 5.41) is 21.4. The molecule has 2 fully saturated rings. The monoisotopic (exact) mass is 628 g/mol. The van der Waals surface area contributed by atoms with Gasteiger partial charge in [0.2, 0.25) is 0 Å². The van der Waals surface area contributed by atoms with E-state index in [0.29, 0.717) is 41.7 Å². The molecule has 3 heterocycles. The molecule has 1 saturated heterocycles. The highest BCUT2D eigenvalue weighted by Crippen LogP contribution is 2.68. The van der Waals surface area contributed by atoms with Crippen LogP contribution < -0.4 is 9.47 Å². The molecule has 5 atom stereocenters. The quantitative estimate of drug-likeness (QED) is 0.228. The lowest BCUT2D eigenvalue weighted by Gasteiger charge is -2.56. The van der Waals surface area contributed by atoms with Crippen molar-refractivity contribution in [3.8, 4) is 17.2 Å². The summed E-state index contributed by atoms with van der Waals surface area (Å²) in [5.74, 6) is -2.28. The van der Waals surface area contributed by atoms with Gasteiger partial charge in [0.25, 0.3) is 0 Å². The number of aromatic hydroxyl groups is 1. The van der Waals surface area contributed by atoms with Crippen LogP contribution in [0.1, 0.15) is 103 Å². The average molecular weight is 629 g/mol. The highest BCUT2D eigenvalue weighted by Gasteiger charge is 2.81. The first kappa shape index (κ1) is 32.0. The second-order valence-corrected chi connectivity index (χ2v) is 14.8. The highest BCUT2D eigenvalue weighted by atomic mass is 16.6. The first-order chi connectivity index (χ1) is 21.5. The normalized spacial score (nSPS) is 31.2. The van der Waals surface area contributed by atoms with Gasteiger partial charge in [0, 0.05) is 35.0 Å². The SMILES string of the molecule is CC(C)=CCC[C@]1(C)C=Cc2c(O)c3c(c(CC=C(C)C)c2O1)O[C@]12C(=C[C@@H]4C[C@@H]1C(C)(C)O[C@]2(C/C=C(/C)C(=O)O)C4=O)C3=O. The number of phenolic OH excluding ortho intramolecular Hbond substituents is 1. The number of carbonyl (C=O) groups excluding carboxylic acids is 2. The van der Waals surface area contributed by atoms with Crippen molar-refractivity contribution in [1.82, 2.24) is 0 Å². The molecular weight excluding hydrogens is 584 g/mol. The molecule has 0 unspecified atom stereocenters. The molecular formula is C38H44O8. The third-order valence-electron chi connectivity index (χ3n) is 10.5. The lowest BCUT2D eigenvalue weighted by Crippen LogP contribution is -2.72. The van der Waals surface area contributed by atoms with Gasteiger partial charge in [-0.05, 0) is 93.2 Å². The first-order valence-corrected chi connectivity index (χ1v) is 16.2. The molecule has 7 rings (SSSR count). The Kier molecular flexibility index (Phi) is 7.36. The predicted molar refractivity (Wildman–Crippen MR) is 174 cm³/mol. The molecule has 2 N–H and O–H groups in total. The molecule has 3 aliphatic carbocycles. The number of carbonyl (C=O) groups is 3. The van der Waals surface area contributed by atoms with Gasteiger partial charge < -0.3 is 24.4 Å². The van der Waals surface area contributed by atoms with E-state index in [1.165, 1.54) is 18.6 Å². The summed E-state index contributed by atoms with van der Waals surface area (Å²) in [4.78, 5) is 40.8. The van der Waals surface area contributed by atoms with Crippen LogP contribution in [0.5, 0.6) is 17.2 Å². The Morgan fingerprint density at radius 3 is 2.35 bits per heavy atom. The summed E-state index contributed by atoms with van der Waals surface area (Å²) in [5.41, 5.74) is -0.952. The maximum atomic E-state index is 14.7. The Labute approximate surface area is 270 Å². The molecule has 1 aromatic carbocycles. The molecule has 8 nitrogen and oxygen atoms in total. The van der Waals surface area contributed by atoms with Crippen molar-refractivity contribution in [2.75, 3.05) is 0 Å². The van der Waals surface area contributed by atoms with Crippen molar-refractivity contribution >= 4 is 23.6 Å². The molecule has 3 aliphatic heterocycles. The van der Waals surface area contributed by atoms with Crippen LogP contribution in [0.25, 0.3) is 6.08 Å². The molecule has 0 aromatic heterocycles. The fraction of sp³-hybridized carbons (Fsp3) is 0.500. The lowest BCUT2D eigenvalue weighted by molar-refractivity contribution is -0.171. The number of hydrogen-bond donors (Lipinski definition) is 2. The van der Waals surface area contributed by atoms with Crippen LogP contribution >= 0.6 is 0 Å². The van der Waals surface area contributed by atoms with Gasteiger partial charge in [-0.25, -0.2) is 4.79 Å². The fourth-order valence-electron chi connectivity index (χ4n) is 8.17. The molecule has 1 aromatic rings. The van der Waals surface area contributed by atoms with Gasteiger partial charge in [-0.15, -0.1) is 0 Å². The Balaban J connectivity index is 1.59. The molecule has 46 heavy (non-hydrogen) atoms. The zero-order valence-electron chi connectivity index (χ0n) is 28.0. The van der Waals surface area contributed by atoms with Gasteiger partial charge in [-0.1, -0.05) is 35.5 Å². The molecule has 0 amide bonds. The Hall–Kier alpha value is -3.91. The number of Topliss-reactive ketones (excluding diaryl/α,β-unsaturated/α-hetero) is 2. The minimum Gasteiger partial charge on any atom is -0.506 e. The van der Waals surface area contributed by atoms with E-state index < -0.39 is 40.1 Å². The summed E-state index contributed by atoms with van der Waals surface area (Å²) in [7, 11) is 0. The van der Waals surface area contributed by atoms with Gasteiger partial charge in [-0.2, -0.15) is 0 Å². The lowest BCUT2D eigenvalue weighted by atomic mass is 9.51. The smallest absolute Gasteiger partial charge is 0.330 e. The maximum absolute atomic E-state index is 14.7. The van der Waals surface area contributed by atoms with Crippen molar-refractivity contribution < 1.29 is 38.8 Å². The number of ether oxygens (including phenoxy) is 3. The molecule has 0 radical (unpaired) electrons.